The molecule has 0 radical (unpaired) electrons. The monoisotopic (exact) mass is 233 g/mol. The zero-order valence-corrected chi connectivity index (χ0v) is 9.48. The first kappa shape index (κ1) is 9.91. The Morgan fingerprint density at radius 3 is 3.06 bits per heavy atom. The van der Waals surface area contributed by atoms with Crippen molar-refractivity contribution in [3.63, 3.8) is 0 Å². The van der Waals surface area contributed by atoms with Crippen molar-refractivity contribution in [3.05, 3.63) is 46.5 Å². The van der Waals surface area contributed by atoms with E-state index in [1.165, 1.54) is 11.1 Å². The Labute approximate surface area is 99.2 Å². The lowest BCUT2D eigenvalue weighted by molar-refractivity contribution is 0.312. The maximum atomic E-state index is 9.11. The van der Waals surface area contributed by atoms with E-state index in [-0.39, 0.29) is 11.8 Å². The quantitative estimate of drug-likeness (QED) is 0.416. The van der Waals surface area contributed by atoms with E-state index in [9.17, 15) is 0 Å². The summed E-state index contributed by atoms with van der Waals surface area (Å²) in [7, 11) is 0. The molecule has 0 saturated heterocycles. The standard InChI is InChI=1S/C13H12ClNO/c14-10-4-5-11-9(7-10)6-8-2-1-3-12(11)13(8)15-16/h1-2,4-5,7-8,12,16H,3,6H2. The molecule has 0 heterocycles. The molecule has 2 aliphatic carbocycles. The minimum atomic E-state index is 0.237. The molecule has 1 aromatic carbocycles. The van der Waals surface area contributed by atoms with Crippen molar-refractivity contribution in [1.82, 2.24) is 0 Å². The number of nitrogens with zero attached hydrogens (tertiary/aromatic N) is 1. The summed E-state index contributed by atoms with van der Waals surface area (Å²) < 4.78 is 0. The smallest absolute Gasteiger partial charge is 0.0720 e. The largest absolute Gasteiger partial charge is 0.411 e. The zero-order valence-electron chi connectivity index (χ0n) is 8.73. The first-order valence-corrected chi connectivity index (χ1v) is 5.84. The zero-order chi connectivity index (χ0) is 11.1. The Balaban J connectivity index is 2.16. The van der Waals surface area contributed by atoms with Gasteiger partial charge in [-0.05, 0) is 36.1 Å². The Kier molecular flexibility index (Phi) is 2.25. The third-order valence-electron chi connectivity index (χ3n) is 3.51. The third-order valence-corrected chi connectivity index (χ3v) is 3.75. The average Bonchev–Trinajstić information content (AvgIpc) is 2.28. The molecule has 3 rings (SSSR count). The van der Waals surface area contributed by atoms with Crippen molar-refractivity contribution in [3.8, 4) is 0 Å². The van der Waals surface area contributed by atoms with Gasteiger partial charge in [-0.1, -0.05) is 35.0 Å². The Morgan fingerprint density at radius 2 is 2.25 bits per heavy atom. The van der Waals surface area contributed by atoms with Crippen LogP contribution in [0.15, 0.2) is 35.5 Å². The molecule has 2 bridgehead atoms. The number of benzene rings is 1. The summed E-state index contributed by atoms with van der Waals surface area (Å²) in [4.78, 5) is 0. The van der Waals surface area contributed by atoms with Gasteiger partial charge in [0, 0.05) is 16.9 Å². The van der Waals surface area contributed by atoms with E-state index in [2.05, 4.69) is 23.4 Å². The van der Waals surface area contributed by atoms with Gasteiger partial charge in [-0.25, -0.2) is 0 Å². The molecule has 0 spiro atoms. The summed E-state index contributed by atoms with van der Waals surface area (Å²) >= 11 is 6.01. The van der Waals surface area contributed by atoms with Crippen molar-refractivity contribution in [2.24, 2.45) is 11.1 Å². The highest BCUT2D eigenvalue weighted by molar-refractivity contribution is 6.30. The lowest BCUT2D eigenvalue weighted by Gasteiger charge is -2.33. The molecular weight excluding hydrogens is 222 g/mol. The van der Waals surface area contributed by atoms with Crippen LogP contribution in [0.1, 0.15) is 23.5 Å². The summed E-state index contributed by atoms with van der Waals surface area (Å²) in [5.41, 5.74) is 3.45. The summed E-state index contributed by atoms with van der Waals surface area (Å²) in [5, 5.41) is 13.4. The Bertz CT molecular complexity index is 493. The van der Waals surface area contributed by atoms with Crippen LogP contribution in [-0.4, -0.2) is 10.9 Å². The molecule has 0 aliphatic heterocycles. The van der Waals surface area contributed by atoms with Gasteiger partial charge in [0.2, 0.25) is 0 Å². The van der Waals surface area contributed by atoms with Gasteiger partial charge in [0.15, 0.2) is 0 Å². The van der Waals surface area contributed by atoms with E-state index in [1.807, 2.05) is 12.1 Å². The topological polar surface area (TPSA) is 32.6 Å². The van der Waals surface area contributed by atoms with Crippen molar-refractivity contribution >= 4 is 17.3 Å². The van der Waals surface area contributed by atoms with Gasteiger partial charge in [0.25, 0.3) is 0 Å². The van der Waals surface area contributed by atoms with Crippen LogP contribution >= 0.6 is 11.6 Å². The molecule has 0 aromatic heterocycles. The highest BCUT2D eigenvalue weighted by Gasteiger charge is 2.34. The normalized spacial score (nSPS) is 29.2. The van der Waals surface area contributed by atoms with Crippen molar-refractivity contribution in [1.29, 1.82) is 0 Å². The van der Waals surface area contributed by atoms with Gasteiger partial charge < -0.3 is 5.21 Å². The lowest BCUT2D eigenvalue weighted by Crippen LogP contribution is -2.31. The van der Waals surface area contributed by atoms with Gasteiger partial charge >= 0.3 is 0 Å². The van der Waals surface area contributed by atoms with E-state index in [1.54, 1.807) is 0 Å². The minimum Gasteiger partial charge on any atom is -0.411 e. The molecule has 2 nitrogen and oxygen atoms in total. The number of rotatable bonds is 0. The predicted molar refractivity (Wildman–Crippen MR) is 64.4 cm³/mol. The maximum Gasteiger partial charge on any atom is 0.0720 e. The maximum absolute atomic E-state index is 9.11. The van der Waals surface area contributed by atoms with E-state index in [0.717, 1.165) is 23.6 Å². The van der Waals surface area contributed by atoms with Crippen LogP contribution in [0, 0.1) is 5.92 Å². The van der Waals surface area contributed by atoms with Crippen molar-refractivity contribution in [2.75, 3.05) is 0 Å². The molecule has 16 heavy (non-hydrogen) atoms. The van der Waals surface area contributed by atoms with E-state index in [4.69, 9.17) is 16.8 Å². The van der Waals surface area contributed by atoms with Crippen LogP contribution in [0.4, 0.5) is 0 Å². The molecule has 0 amide bonds. The van der Waals surface area contributed by atoms with Crippen LogP contribution in [-0.2, 0) is 6.42 Å². The van der Waals surface area contributed by atoms with Crippen LogP contribution in [0.5, 0.6) is 0 Å². The molecule has 0 fully saturated rings. The lowest BCUT2D eigenvalue weighted by atomic mass is 9.71. The van der Waals surface area contributed by atoms with E-state index < -0.39 is 0 Å². The first-order chi connectivity index (χ1) is 7.79. The molecule has 1 aromatic rings. The summed E-state index contributed by atoms with van der Waals surface area (Å²) in [6, 6.07) is 6.00. The summed E-state index contributed by atoms with van der Waals surface area (Å²) in [5.74, 6) is 0.482. The Hall–Kier alpha value is -1.28. The number of fused-ring (bicyclic) bond motifs is 4. The first-order valence-electron chi connectivity index (χ1n) is 5.46. The second-order valence-corrected chi connectivity index (χ2v) is 4.83. The van der Waals surface area contributed by atoms with Gasteiger partial charge in [-0.15, -0.1) is 0 Å². The Morgan fingerprint density at radius 1 is 1.38 bits per heavy atom. The second-order valence-electron chi connectivity index (χ2n) is 4.40. The fourth-order valence-electron chi connectivity index (χ4n) is 2.79. The molecular formula is C13H12ClNO. The van der Waals surface area contributed by atoms with Crippen LogP contribution in [0.25, 0.3) is 0 Å². The highest BCUT2D eigenvalue weighted by atomic mass is 35.5. The molecule has 2 unspecified atom stereocenters. The molecule has 3 heteroatoms. The van der Waals surface area contributed by atoms with Crippen molar-refractivity contribution < 1.29 is 5.21 Å². The number of hydrogen-bond donors (Lipinski definition) is 1. The fraction of sp³-hybridized carbons (Fsp3) is 0.308. The van der Waals surface area contributed by atoms with Gasteiger partial charge in [-0.2, -0.15) is 0 Å². The molecule has 82 valence electrons. The van der Waals surface area contributed by atoms with E-state index >= 15 is 0 Å². The third kappa shape index (κ3) is 1.37. The predicted octanol–water partition coefficient (Wildman–Crippen LogP) is 3.39. The molecule has 2 aliphatic rings. The number of allylic oxidation sites excluding steroid dienone is 2. The fourth-order valence-corrected chi connectivity index (χ4v) is 2.98. The summed E-state index contributed by atoms with van der Waals surface area (Å²) in [6.07, 6.45) is 6.13. The van der Waals surface area contributed by atoms with E-state index in [0.29, 0.717) is 0 Å². The molecule has 0 saturated carbocycles. The summed E-state index contributed by atoms with van der Waals surface area (Å²) in [6.45, 7) is 0. The molecule has 1 N–H and O–H groups in total. The van der Waals surface area contributed by atoms with Crippen LogP contribution in [0.2, 0.25) is 5.02 Å². The van der Waals surface area contributed by atoms with Crippen LogP contribution in [0.3, 0.4) is 0 Å². The number of halogens is 1. The van der Waals surface area contributed by atoms with Gasteiger partial charge in [-0.3, -0.25) is 0 Å². The number of oxime groups is 1. The average molecular weight is 234 g/mol. The minimum absolute atomic E-state index is 0.237. The van der Waals surface area contributed by atoms with Crippen LogP contribution < -0.4 is 0 Å². The van der Waals surface area contributed by atoms with Gasteiger partial charge in [0.1, 0.15) is 0 Å². The van der Waals surface area contributed by atoms with Crippen molar-refractivity contribution in [2.45, 2.75) is 18.8 Å². The SMILES string of the molecule is ON=C1C2C=CCC1c1ccc(Cl)cc1C2. The highest BCUT2D eigenvalue weighted by Crippen LogP contribution is 2.39. The molecule has 2 atom stereocenters. The number of hydrogen-bond acceptors (Lipinski definition) is 2. The second kappa shape index (κ2) is 3.63. The van der Waals surface area contributed by atoms with Gasteiger partial charge in [0.05, 0.1) is 5.71 Å².